The third-order valence-electron chi connectivity index (χ3n) is 6.78. The van der Waals surface area contributed by atoms with E-state index in [-0.39, 0.29) is 18.5 Å². The Morgan fingerprint density at radius 1 is 0.821 bits per heavy atom. The maximum absolute atomic E-state index is 14.0. The van der Waals surface area contributed by atoms with Gasteiger partial charge in [-0.2, -0.15) is 0 Å². The average molecular weight is 550 g/mol. The van der Waals surface area contributed by atoms with Crippen LogP contribution < -0.4 is 9.62 Å². The summed E-state index contributed by atoms with van der Waals surface area (Å²) in [6.07, 6.45) is 2.94. The predicted octanol–water partition coefficient (Wildman–Crippen LogP) is 4.57. The van der Waals surface area contributed by atoms with Crippen LogP contribution in [0.1, 0.15) is 43.9 Å². The number of aryl methyl sites for hydroxylation is 1. The van der Waals surface area contributed by atoms with Crippen LogP contribution in [0.4, 0.5) is 5.69 Å². The summed E-state index contributed by atoms with van der Waals surface area (Å²) in [5.41, 5.74) is 3.22. The third kappa shape index (κ3) is 8.68. The molecule has 0 aliphatic carbocycles. The van der Waals surface area contributed by atoms with E-state index in [4.69, 9.17) is 0 Å². The maximum atomic E-state index is 14.0. The van der Waals surface area contributed by atoms with Crippen molar-refractivity contribution >= 4 is 27.5 Å². The minimum atomic E-state index is -3.78. The molecule has 39 heavy (non-hydrogen) atoms. The van der Waals surface area contributed by atoms with Crippen LogP contribution in [0.25, 0.3) is 0 Å². The molecule has 0 fully saturated rings. The fraction of sp³-hybridized carbons (Fsp3) is 0.355. The van der Waals surface area contributed by atoms with E-state index in [0.29, 0.717) is 12.1 Å². The van der Waals surface area contributed by atoms with E-state index in [2.05, 4.69) is 5.32 Å². The van der Waals surface area contributed by atoms with Crippen LogP contribution in [0.5, 0.6) is 0 Å². The van der Waals surface area contributed by atoms with Gasteiger partial charge in [-0.3, -0.25) is 13.9 Å². The van der Waals surface area contributed by atoms with E-state index >= 15 is 0 Å². The maximum Gasteiger partial charge on any atom is 0.244 e. The highest BCUT2D eigenvalue weighted by atomic mass is 32.2. The number of benzene rings is 3. The van der Waals surface area contributed by atoms with Gasteiger partial charge in [0.15, 0.2) is 0 Å². The van der Waals surface area contributed by atoms with Crippen LogP contribution in [0, 0.1) is 0 Å². The Labute approximate surface area is 232 Å². The lowest BCUT2D eigenvalue weighted by atomic mass is 10.0. The molecule has 0 bridgehead atoms. The lowest BCUT2D eigenvalue weighted by Crippen LogP contribution is -2.54. The minimum absolute atomic E-state index is 0.0750. The number of hydrogen-bond acceptors (Lipinski definition) is 4. The van der Waals surface area contributed by atoms with Gasteiger partial charge in [0.2, 0.25) is 21.8 Å². The zero-order valence-corrected chi connectivity index (χ0v) is 24.0. The van der Waals surface area contributed by atoms with E-state index in [1.165, 1.54) is 4.90 Å². The largest absolute Gasteiger partial charge is 0.352 e. The quantitative estimate of drug-likeness (QED) is 0.338. The molecule has 8 heteroatoms. The molecule has 2 amide bonds. The molecular weight excluding hydrogens is 510 g/mol. The van der Waals surface area contributed by atoms with Gasteiger partial charge < -0.3 is 10.2 Å². The number of carbonyl (C=O) groups is 2. The number of carbonyl (C=O) groups excluding carboxylic acids is 2. The van der Waals surface area contributed by atoms with Crippen molar-refractivity contribution in [3.63, 3.8) is 0 Å². The average Bonchev–Trinajstić information content (AvgIpc) is 2.94. The smallest absolute Gasteiger partial charge is 0.244 e. The zero-order chi connectivity index (χ0) is 28.4. The highest BCUT2D eigenvalue weighted by Crippen LogP contribution is 2.21. The Hall–Kier alpha value is -3.65. The summed E-state index contributed by atoms with van der Waals surface area (Å²) in [4.78, 5) is 29.2. The molecular formula is C31H39N3O4S. The second kappa shape index (κ2) is 13.9. The highest BCUT2D eigenvalue weighted by Gasteiger charge is 2.33. The first-order valence-corrected chi connectivity index (χ1v) is 15.2. The standard InChI is InChI=1S/C31H39N3O4S/c1-5-24(3)32-31(36)29(21-26-13-9-7-10-14-26)33(22-27-15-11-8-12-16-27)30(35)23-34(39(4,37)38)28-19-17-25(6-2)18-20-28/h7-20,24,29H,5-6,21-23H2,1-4H3,(H,32,36)/t24-,29+/m0/s1. The molecule has 0 aromatic heterocycles. The number of hydrogen-bond donors (Lipinski definition) is 1. The Bertz CT molecular complexity index is 1310. The molecule has 0 saturated carbocycles. The summed E-state index contributed by atoms with van der Waals surface area (Å²) in [7, 11) is -3.78. The summed E-state index contributed by atoms with van der Waals surface area (Å²) in [5, 5.41) is 3.03. The highest BCUT2D eigenvalue weighted by molar-refractivity contribution is 7.92. The van der Waals surface area contributed by atoms with Gasteiger partial charge in [0.25, 0.3) is 0 Å². The van der Waals surface area contributed by atoms with Gasteiger partial charge in [0.05, 0.1) is 11.9 Å². The van der Waals surface area contributed by atoms with E-state index in [9.17, 15) is 18.0 Å². The van der Waals surface area contributed by atoms with Crippen LogP contribution in [0.3, 0.4) is 0 Å². The lowest BCUT2D eigenvalue weighted by Gasteiger charge is -2.34. The van der Waals surface area contributed by atoms with Crippen LogP contribution in [-0.4, -0.2) is 50.0 Å². The Balaban J connectivity index is 2.02. The Kier molecular flexibility index (Phi) is 10.7. The van der Waals surface area contributed by atoms with Gasteiger partial charge >= 0.3 is 0 Å². The molecule has 3 aromatic carbocycles. The van der Waals surface area contributed by atoms with Crippen LogP contribution in [0.2, 0.25) is 0 Å². The normalized spacial score (nSPS) is 12.8. The van der Waals surface area contributed by atoms with Crippen molar-refractivity contribution in [3.8, 4) is 0 Å². The molecule has 3 rings (SSSR count). The number of sulfonamides is 1. The first kappa shape index (κ1) is 29.9. The Morgan fingerprint density at radius 3 is 1.90 bits per heavy atom. The summed E-state index contributed by atoms with van der Waals surface area (Å²) >= 11 is 0. The van der Waals surface area contributed by atoms with Gasteiger partial charge in [-0.05, 0) is 48.6 Å². The number of amides is 2. The molecule has 208 valence electrons. The van der Waals surface area contributed by atoms with Crippen molar-refractivity contribution < 1.29 is 18.0 Å². The van der Waals surface area contributed by atoms with Gasteiger partial charge in [-0.25, -0.2) is 8.42 Å². The van der Waals surface area contributed by atoms with Crippen molar-refractivity contribution in [3.05, 3.63) is 102 Å². The first-order chi connectivity index (χ1) is 18.6. The molecule has 0 aliphatic rings. The molecule has 0 aliphatic heterocycles. The topological polar surface area (TPSA) is 86.8 Å². The monoisotopic (exact) mass is 549 g/mol. The van der Waals surface area contributed by atoms with Crippen LogP contribution in [0.15, 0.2) is 84.9 Å². The first-order valence-electron chi connectivity index (χ1n) is 13.4. The van der Waals surface area contributed by atoms with Gasteiger partial charge in [0.1, 0.15) is 12.6 Å². The van der Waals surface area contributed by atoms with E-state index < -0.39 is 28.5 Å². The van der Waals surface area contributed by atoms with Crippen molar-refractivity contribution in [1.82, 2.24) is 10.2 Å². The summed E-state index contributed by atoms with van der Waals surface area (Å²) in [6.45, 7) is 5.67. The van der Waals surface area contributed by atoms with E-state index in [0.717, 1.165) is 40.1 Å². The molecule has 0 heterocycles. The van der Waals surface area contributed by atoms with Crippen molar-refractivity contribution in [1.29, 1.82) is 0 Å². The molecule has 0 unspecified atom stereocenters. The van der Waals surface area contributed by atoms with Crippen molar-refractivity contribution in [2.45, 2.75) is 58.7 Å². The Morgan fingerprint density at radius 2 is 1.38 bits per heavy atom. The molecule has 0 radical (unpaired) electrons. The molecule has 0 spiro atoms. The molecule has 0 saturated heterocycles. The fourth-order valence-corrected chi connectivity index (χ4v) is 5.14. The number of nitrogens with one attached hydrogen (secondary N) is 1. The second-order valence-corrected chi connectivity index (χ2v) is 11.7. The van der Waals surface area contributed by atoms with Crippen LogP contribution in [-0.2, 0) is 39.0 Å². The molecule has 3 aromatic rings. The SMILES string of the molecule is CCc1ccc(N(CC(=O)N(Cc2ccccc2)[C@H](Cc2ccccc2)C(=O)N[C@@H](C)CC)S(C)(=O)=O)cc1. The number of rotatable bonds is 13. The van der Waals surface area contributed by atoms with Gasteiger partial charge in [0, 0.05) is 19.0 Å². The minimum Gasteiger partial charge on any atom is -0.352 e. The summed E-state index contributed by atoms with van der Waals surface area (Å²) in [6, 6.07) is 25.2. The summed E-state index contributed by atoms with van der Waals surface area (Å²) in [5.74, 6) is -0.722. The van der Waals surface area contributed by atoms with Crippen LogP contribution >= 0.6 is 0 Å². The van der Waals surface area contributed by atoms with E-state index in [1.54, 1.807) is 12.1 Å². The number of nitrogens with zero attached hydrogens (tertiary/aromatic N) is 2. The van der Waals surface area contributed by atoms with E-state index in [1.807, 2.05) is 93.6 Å². The second-order valence-electron chi connectivity index (χ2n) is 9.82. The van der Waals surface area contributed by atoms with Gasteiger partial charge in [-0.15, -0.1) is 0 Å². The third-order valence-corrected chi connectivity index (χ3v) is 7.92. The van der Waals surface area contributed by atoms with Crippen molar-refractivity contribution in [2.75, 3.05) is 17.1 Å². The number of anilines is 1. The van der Waals surface area contributed by atoms with Crippen molar-refractivity contribution in [2.24, 2.45) is 0 Å². The van der Waals surface area contributed by atoms with Gasteiger partial charge in [-0.1, -0.05) is 86.6 Å². The lowest BCUT2D eigenvalue weighted by molar-refractivity contribution is -0.140. The molecule has 2 atom stereocenters. The molecule has 7 nitrogen and oxygen atoms in total. The summed E-state index contributed by atoms with van der Waals surface area (Å²) < 4.78 is 26.8. The predicted molar refractivity (Wildman–Crippen MR) is 157 cm³/mol. The fourth-order valence-electron chi connectivity index (χ4n) is 4.29. The molecule has 1 N–H and O–H groups in total. The zero-order valence-electron chi connectivity index (χ0n) is 23.2.